The minimum absolute atomic E-state index is 0.629. The van der Waals surface area contributed by atoms with E-state index in [4.69, 9.17) is 0 Å². The van der Waals surface area contributed by atoms with E-state index in [1.165, 1.54) is 6.20 Å². The summed E-state index contributed by atoms with van der Waals surface area (Å²) in [6.07, 6.45) is 3.14. The Kier molecular flexibility index (Phi) is 1.93. The molecule has 0 aromatic carbocycles. The summed E-state index contributed by atoms with van der Waals surface area (Å²) in [5.41, 5.74) is 0. The van der Waals surface area contributed by atoms with Gasteiger partial charge in [-0.05, 0) is 18.4 Å². The second-order valence-corrected chi connectivity index (χ2v) is 2.49. The summed E-state index contributed by atoms with van der Waals surface area (Å²) < 4.78 is 37.3. The van der Waals surface area contributed by atoms with Crippen molar-refractivity contribution < 1.29 is 13.2 Å². The number of hydrogen-bond donors (Lipinski definition) is 1. The Morgan fingerprint density at radius 3 is 2.55 bits per heavy atom. The summed E-state index contributed by atoms with van der Waals surface area (Å²) in [5, 5.41) is 2.34. The average Bonchev–Trinajstić information content (AvgIpc) is 1.86. The lowest BCUT2D eigenvalue weighted by molar-refractivity contribution is 0.000471. The van der Waals surface area contributed by atoms with Crippen LogP contribution >= 0.6 is 0 Å². The van der Waals surface area contributed by atoms with Gasteiger partial charge in [0.2, 0.25) is 0 Å². The van der Waals surface area contributed by atoms with E-state index in [0.717, 1.165) is 19.1 Å². The molecular formula is C7H8F3N. The van der Waals surface area contributed by atoms with Crippen molar-refractivity contribution in [2.45, 2.75) is 18.9 Å². The molecule has 62 valence electrons. The lowest BCUT2D eigenvalue weighted by Crippen LogP contribution is -2.40. The SMILES string of the molecule is CC(F)(F)C1C=C(F)C=CN1. The molecule has 1 heterocycles. The molecule has 1 rings (SSSR count). The Morgan fingerprint density at radius 1 is 1.55 bits per heavy atom. The van der Waals surface area contributed by atoms with E-state index in [2.05, 4.69) is 5.32 Å². The third-order valence-corrected chi connectivity index (χ3v) is 1.39. The summed E-state index contributed by atoms with van der Waals surface area (Å²) in [6.45, 7) is 0.744. The van der Waals surface area contributed by atoms with Crippen LogP contribution < -0.4 is 5.32 Å². The molecule has 0 fully saturated rings. The van der Waals surface area contributed by atoms with Gasteiger partial charge < -0.3 is 5.32 Å². The molecule has 11 heavy (non-hydrogen) atoms. The minimum Gasteiger partial charge on any atom is -0.379 e. The van der Waals surface area contributed by atoms with Crippen LogP contribution in [-0.4, -0.2) is 12.0 Å². The lowest BCUT2D eigenvalue weighted by Gasteiger charge is -2.22. The standard InChI is InChI=1S/C7H8F3N/c1-7(9,10)6-4-5(8)2-3-11-6/h2-4,6,11H,1H3. The quantitative estimate of drug-likeness (QED) is 0.623. The summed E-state index contributed by atoms with van der Waals surface area (Å²) in [7, 11) is 0. The highest BCUT2D eigenvalue weighted by molar-refractivity contribution is 5.20. The Hall–Kier alpha value is -0.930. The number of nitrogens with one attached hydrogen (secondary N) is 1. The van der Waals surface area contributed by atoms with Crippen molar-refractivity contribution in [1.29, 1.82) is 0 Å². The van der Waals surface area contributed by atoms with Crippen LogP contribution in [0.1, 0.15) is 6.92 Å². The third kappa shape index (κ3) is 2.00. The van der Waals surface area contributed by atoms with Crippen LogP contribution in [0.5, 0.6) is 0 Å². The highest BCUT2D eigenvalue weighted by atomic mass is 19.3. The Labute approximate surface area is 62.6 Å². The van der Waals surface area contributed by atoms with Crippen LogP contribution in [0.3, 0.4) is 0 Å². The predicted molar refractivity (Wildman–Crippen MR) is 35.9 cm³/mol. The number of allylic oxidation sites excluding steroid dienone is 2. The molecule has 0 saturated heterocycles. The summed E-state index contributed by atoms with van der Waals surface area (Å²) in [5.74, 6) is -3.56. The first-order chi connectivity index (χ1) is 5.00. The fourth-order valence-electron chi connectivity index (χ4n) is 0.787. The van der Waals surface area contributed by atoms with Gasteiger partial charge in [0.1, 0.15) is 11.9 Å². The zero-order valence-corrected chi connectivity index (χ0v) is 5.94. The maximum absolute atomic E-state index is 12.5. The molecule has 0 amide bonds. The van der Waals surface area contributed by atoms with E-state index in [-0.39, 0.29) is 0 Å². The molecule has 1 aliphatic heterocycles. The molecule has 1 N–H and O–H groups in total. The van der Waals surface area contributed by atoms with Crippen LogP contribution in [0.15, 0.2) is 24.2 Å². The highest BCUT2D eigenvalue weighted by Crippen LogP contribution is 2.21. The molecule has 1 unspecified atom stereocenters. The fraction of sp³-hybridized carbons (Fsp3) is 0.429. The maximum Gasteiger partial charge on any atom is 0.268 e. The summed E-state index contributed by atoms with van der Waals surface area (Å²) >= 11 is 0. The maximum atomic E-state index is 12.5. The number of halogens is 3. The average molecular weight is 163 g/mol. The molecule has 0 aromatic heterocycles. The van der Waals surface area contributed by atoms with Crippen LogP contribution in [-0.2, 0) is 0 Å². The zero-order valence-electron chi connectivity index (χ0n) is 5.94. The number of hydrogen-bond acceptors (Lipinski definition) is 1. The van der Waals surface area contributed by atoms with Gasteiger partial charge in [0.15, 0.2) is 0 Å². The first kappa shape index (κ1) is 8.17. The van der Waals surface area contributed by atoms with Crippen molar-refractivity contribution in [1.82, 2.24) is 5.32 Å². The first-order valence-corrected chi connectivity index (χ1v) is 3.18. The van der Waals surface area contributed by atoms with E-state index in [1.54, 1.807) is 0 Å². The molecule has 1 nitrogen and oxygen atoms in total. The van der Waals surface area contributed by atoms with Gasteiger partial charge in [-0.1, -0.05) is 0 Å². The van der Waals surface area contributed by atoms with E-state index in [0.29, 0.717) is 0 Å². The van der Waals surface area contributed by atoms with Crippen molar-refractivity contribution >= 4 is 0 Å². The zero-order chi connectivity index (χ0) is 8.48. The smallest absolute Gasteiger partial charge is 0.268 e. The van der Waals surface area contributed by atoms with Crippen LogP contribution in [0, 0.1) is 0 Å². The summed E-state index contributed by atoms with van der Waals surface area (Å²) in [6, 6.07) is -1.23. The summed E-state index contributed by atoms with van der Waals surface area (Å²) in [4.78, 5) is 0. The Balaban J connectivity index is 2.71. The molecule has 0 aromatic rings. The van der Waals surface area contributed by atoms with Crippen LogP contribution in [0.4, 0.5) is 13.2 Å². The molecule has 0 radical (unpaired) electrons. The largest absolute Gasteiger partial charge is 0.379 e. The van der Waals surface area contributed by atoms with E-state index >= 15 is 0 Å². The van der Waals surface area contributed by atoms with Crippen molar-refractivity contribution in [2.24, 2.45) is 0 Å². The van der Waals surface area contributed by atoms with Gasteiger partial charge in [-0.15, -0.1) is 0 Å². The van der Waals surface area contributed by atoms with Gasteiger partial charge in [0.25, 0.3) is 5.92 Å². The van der Waals surface area contributed by atoms with Crippen LogP contribution in [0.25, 0.3) is 0 Å². The van der Waals surface area contributed by atoms with Crippen molar-refractivity contribution in [3.63, 3.8) is 0 Å². The van der Waals surface area contributed by atoms with Crippen LogP contribution in [0.2, 0.25) is 0 Å². The second-order valence-electron chi connectivity index (χ2n) is 2.49. The minimum atomic E-state index is -2.93. The first-order valence-electron chi connectivity index (χ1n) is 3.18. The normalized spacial score (nSPS) is 24.4. The van der Waals surface area contributed by atoms with Gasteiger partial charge in [-0.2, -0.15) is 0 Å². The molecule has 0 spiro atoms. The Morgan fingerprint density at radius 2 is 2.18 bits per heavy atom. The van der Waals surface area contributed by atoms with E-state index in [9.17, 15) is 13.2 Å². The number of alkyl halides is 2. The van der Waals surface area contributed by atoms with E-state index < -0.39 is 17.8 Å². The molecule has 1 aliphatic rings. The Bertz CT molecular complexity index is 202. The number of dihydropyridines is 1. The highest BCUT2D eigenvalue weighted by Gasteiger charge is 2.32. The topological polar surface area (TPSA) is 12.0 Å². The van der Waals surface area contributed by atoms with Gasteiger partial charge in [0.05, 0.1) is 0 Å². The van der Waals surface area contributed by atoms with E-state index in [1.807, 2.05) is 0 Å². The van der Waals surface area contributed by atoms with Gasteiger partial charge in [-0.3, -0.25) is 0 Å². The predicted octanol–water partition coefficient (Wildman–Crippen LogP) is 1.98. The molecule has 1 atom stereocenters. The third-order valence-electron chi connectivity index (χ3n) is 1.39. The monoisotopic (exact) mass is 163 g/mol. The molecule has 0 bridgehead atoms. The van der Waals surface area contributed by atoms with Gasteiger partial charge in [-0.25, -0.2) is 13.2 Å². The molecule has 0 saturated carbocycles. The fourth-order valence-corrected chi connectivity index (χ4v) is 0.787. The number of rotatable bonds is 1. The molecule has 4 heteroatoms. The van der Waals surface area contributed by atoms with Crippen molar-refractivity contribution in [3.05, 3.63) is 24.2 Å². The van der Waals surface area contributed by atoms with Crippen molar-refractivity contribution in [3.8, 4) is 0 Å². The van der Waals surface area contributed by atoms with Crippen molar-refractivity contribution in [2.75, 3.05) is 0 Å². The molecule has 0 aliphatic carbocycles. The molecular weight excluding hydrogens is 155 g/mol. The second kappa shape index (κ2) is 2.60. The van der Waals surface area contributed by atoms with Gasteiger partial charge >= 0.3 is 0 Å². The van der Waals surface area contributed by atoms with Gasteiger partial charge in [0, 0.05) is 6.92 Å². The lowest BCUT2D eigenvalue weighted by atomic mass is 10.1.